The lowest BCUT2D eigenvalue weighted by atomic mass is 9.96. The van der Waals surface area contributed by atoms with E-state index in [-0.39, 0.29) is 11.3 Å². The van der Waals surface area contributed by atoms with E-state index in [4.69, 9.17) is 0 Å². The molecule has 126 valence electrons. The Labute approximate surface area is 139 Å². The molecule has 2 rings (SSSR count). The van der Waals surface area contributed by atoms with Crippen LogP contribution in [0.5, 0.6) is 0 Å². The lowest BCUT2D eigenvalue weighted by Crippen LogP contribution is -2.41. The minimum atomic E-state index is -0.359. The minimum absolute atomic E-state index is 0.0595. The van der Waals surface area contributed by atoms with Gasteiger partial charge in [0, 0.05) is 30.7 Å². The van der Waals surface area contributed by atoms with Gasteiger partial charge in [-0.2, -0.15) is 0 Å². The number of hydrogen-bond donors (Lipinski definition) is 2. The monoisotopic (exact) mass is 316 g/mol. The van der Waals surface area contributed by atoms with Crippen molar-refractivity contribution in [2.24, 2.45) is 10.4 Å². The molecule has 0 aliphatic carbocycles. The summed E-state index contributed by atoms with van der Waals surface area (Å²) >= 11 is 0. The van der Waals surface area contributed by atoms with Crippen LogP contribution in [-0.2, 0) is 11.2 Å². The van der Waals surface area contributed by atoms with E-state index in [1.165, 1.54) is 11.3 Å². The summed E-state index contributed by atoms with van der Waals surface area (Å²) in [7, 11) is 0. The maximum atomic E-state index is 11.9. The number of guanidine groups is 1. The Balaban J connectivity index is 1.98. The fraction of sp³-hybridized carbons (Fsp3) is 0.556. The highest BCUT2D eigenvalue weighted by molar-refractivity contribution is 5.98. The van der Waals surface area contributed by atoms with Gasteiger partial charge in [0.25, 0.3) is 0 Å². The Hall–Kier alpha value is -2.04. The molecule has 0 aromatic heterocycles. The van der Waals surface area contributed by atoms with Crippen LogP contribution in [0, 0.1) is 5.41 Å². The maximum absolute atomic E-state index is 11.9. The van der Waals surface area contributed by atoms with Gasteiger partial charge in [-0.3, -0.25) is 9.79 Å². The van der Waals surface area contributed by atoms with Crippen molar-refractivity contribution in [2.45, 2.75) is 34.1 Å². The third kappa shape index (κ3) is 4.47. The summed E-state index contributed by atoms with van der Waals surface area (Å²) in [5.74, 6) is 0.951. The molecule has 1 aliphatic heterocycles. The Morgan fingerprint density at radius 1 is 1.26 bits per heavy atom. The van der Waals surface area contributed by atoms with Crippen LogP contribution in [0.2, 0.25) is 0 Å². The number of aliphatic imine (C=N–C) groups is 1. The van der Waals surface area contributed by atoms with Gasteiger partial charge in [-0.25, -0.2) is 0 Å². The van der Waals surface area contributed by atoms with E-state index >= 15 is 0 Å². The molecular formula is C18H28N4O. The van der Waals surface area contributed by atoms with Gasteiger partial charge in [0.05, 0.1) is 6.54 Å². The molecule has 23 heavy (non-hydrogen) atoms. The van der Waals surface area contributed by atoms with Crippen molar-refractivity contribution in [1.29, 1.82) is 0 Å². The zero-order valence-corrected chi connectivity index (χ0v) is 14.6. The highest BCUT2D eigenvalue weighted by atomic mass is 16.2. The number of amides is 1. The number of fused-ring (bicyclic) bond motifs is 1. The van der Waals surface area contributed by atoms with Crippen molar-refractivity contribution in [1.82, 2.24) is 10.6 Å². The smallest absolute Gasteiger partial charge is 0.225 e. The standard InChI is InChI=1S/C18H28N4O/c1-5-19-17(21-12-11-20-16(23)18(2,3)4)22-13-10-14-8-6-7-9-15(14)22/h6-9H,5,10-13H2,1-4H3,(H,19,21)(H,20,23). The number of nitrogens with zero attached hydrogens (tertiary/aromatic N) is 2. The predicted octanol–water partition coefficient (Wildman–Crippen LogP) is 2.18. The second-order valence-electron chi connectivity index (χ2n) is 6.77. The second kappa shape index (κ2) is 7.49. The summed E-state index contributed by atoms with van der Waals surface area (Å²) in [5.41, 5.74) is 2.23. The van der Waals surface area contributed by atoms with E-state index in [1.54, 1.807) is 0 Å². The fourth-order valence-corrected chi connectivity index (χ4v) is 2.55. The molecule has 0 saturated heterocycles. The molecule has 0 fully saturated rings. The zero-order valence-electron chi connectivity index (χ0n) is 14.6. The van der Waals surface area contributed by atoms with Crippen molar-refractivity contribution in [3.63, 3.8) is 0 Å². The summed E-state index contributed by atoms with van der Waals surface area (Å²) in [4.78, 5) is 18.8. The van der Waals surface area contributed by atoms with E-state index in [1.807, 2.05) is 20.8 Å². The van der Waals surface area contributed by atoms with Crippen molar-refractivity contribution < 1.29 is 4.79 Å². The topological polar surface area (TPSA) is 56.7 Å². The molecule has 0 spiro atoms. The first kappa shape index (κ1) is 17.3. The fourth-order valence-electron chi connectivity index (χ4n) is 2.55. The Morgan fingerprint density at radius 2 is 2.00 bits per heavy atom. The molecule has 0 saturated carbocycles. The van der Waals surface area contributed by atoms with Gasteiger partial charge in [0.15, 0.2) is 5.96 Å². The molecule has 5 heteroatoms. The highest BCUT2D eigenvalue weighted by Gasteiger charge is 2.22. The molecule has 0 bridgehead atoms. The summed E-state index contributed by atoms with van der Waals surface area (Å²) < 4.78 is 0. The van der Waals surface area contributed by atoms with Gasteiger partial charge < -0.3 is 15.5 Å². The maximum Gasteiger partial charge on any atom is 0.225 e. The van der Waals surface area contributed by atoms with E-state index < -0.39 is 0 Å². The van der Waals surface area contributed by atoms with Gasteiger partial charge >= 0.3 is 0 Å². The zero-order chi connectivity index (χ0) is 16.9. The number of para-hydroxylation sites is 1. The minimum Gasteiger partial charge on any atom is -0.356 e. The molecule has 0 radical (unpaired) electrons. The Morgan fingerprint density at radius 3 is 2.70 bits per heavy atom. The quantitative estimate of drug-likeness (QED) is 0.508. The third-order valence-corrected chi connectivity index (χ3v) is 3.82. The van der Waals surface area contributed by atoms with Gasteiger partial charge in [0.2, 0.25) is 5.91 Å². The Bertz CT molecular complexity index is 575. The van der Waals surface area contributed by atoms with E-state index in [0.29, 0.717) is 13.1 Å². The van der Waals surface area contributed by atoms with Crippen LogP contribution in [-0.4, -0.2) is 38.0 Å². The molecule has 0 atom stereocenters. The highest BCUT2D eigenvalue weighted by Crippen LogP contribution is 2.27. The summed E-state index contributed by atoms with van der Waals surface area (Å²) in [6.07, 6.45) is 1.04. The third-order valence-electron chi connectivity index (χ3n) is 3.82. The first-order valence-corrected chi connectivity index (χ1v) is 8.35. The number of hydrogen-bond acceptors (Lipinski definition) is 2. The molecule has 2 N–H and O–H groups in total. The first-order valence-electron chi connectivity index (χ1n) is 8.35. The molecule has 0 unspecified atom stereocenters. The van der Waals surface area contributed by atoms with Crippen LogP contribution in [0.4, 0.5) is 5.69 Å². The van der Waals surface area contributed by atoms with Gasteiger partial charge in [-0.15, -0.1) is 0 Å². The summed E-state index contributed by atoms with van der Waals surface area (Å²) in [5, 5.41) is 6.28. The number of carbonyl (C=O) groups is 1. The van der Waals surface area contributed by atoms with E-state index in [2.05, 4.69) is 51.7 Å². The van der Waals surface area contributed by atoms with E-state index in [0.717, 1.165) is 25.5 Å². The molecule has 5 nitrogen and oxygen atoms in total. The molecule has 1 aliphatic rings. The molecular weight excluding hydrogens is 288 g/mol. The van der Waals surface area contributed by atoms with Crippen molar-refractivity contribution in [3.8, 4) is 0 Å². The van der Waals surface area contributed by atoms with Crippen LogP contribution in [0.15, 0.2) is 29.3 Å². The molecule has 1 amide bonds. The van der Waals surface area contributed by atoms with E-state index in [9.17, 15) is 4.79 Å². The number of anilines is 1. The van der Waals surface area contributed by atoms with Crippen LogP contribution >= 0.6 is 0 Å². The Kier molecular flexibility index (Phi) is 5.64. The SMILES string of the molecule is CCNC(=NCCNC(=O)C(C)(C)C)N1CCc2ccccc21. The number of carbonyl (C=O) groups excluding carboxylic acids is 1. The van der Waals surface area contributed by atoms with Gasteiger partial charge in [-0.1, -0.05) is 39.0 Å². The van der Waals surface area contributed by atoms with Gasteiger partial charge in [-0.05, 0) is 25.0 Å². The average Bonchev–Trinajstić information content (AvgIpc) is 2.93. The van der Waals surface area contributed by atoms with Gasteiger partial charge in [0.1, 0.15) is 0 Å². The molecule has 1 aromatic carbocycles. The van der Waals surface area contributed by atoms with Crippen molar-refractivity contribution >= 4 is 17.6 Å². The molecule has 1 heterocycles. The summed E-state index contributed by atoms with van der Waals surface area (Å²) in [6, 6.07) is 8.44. The lowest BCUT2D eigenvalue weighted by molar-refractivity contribution is -0.128. The number of rotatable bonds is 4. The van der Waals surface area contributed by atoms with Crippen molar-refractivity contribution in [2.75, 3.05) is 31.1 Å². The largest absolute Gasteiger partial charge is 0.356 e. The molecule has 1 aromatic rings. The number of benzene rings is 1. The second-order valence-corrected chi connectivity index (χ2v) is 6.77. The summed E-state index contributed by atoms with van der Waals surface area (Å²) in [6.45, 7) is 10.7. The normalized spacial score (nSPS) is 14.6. The van der Waals surface area contributed by atoms with Crippen LogP contribution in [0.3, 0.4) is 0 Å². The number of nitrogens with one attached hydrogen (secondary N) is 2. The predicted molar refractivity (Wildman–Crippen MR) is 95.9 cm³/mol. The van der Waals surface area contributed by atoms with Crippen LogP contribution in [0.1, 0.15) is 33.3 Å². The lowest BCUT2D eigenvalue weighted by Gasteiger charge is -2.22. The van der Waals surface area contributed by atoms with Crippen LogP contribution < -0.4 is 15.5 Å². The van der Waals surface area contributed by atoms with Crippen molar-refractivity contribution in [3.05, 3.63) is 29.8 Å². The first-order chi connectivity index (χ1) is 10.9. The average molecular weight is 316 g/mol. The van der Waals surface area contributed by atoms with Crippen LogP contribution in [0.25, 0.3) is 0 Å².